The van der Waals surface area contributed by atoms with Crippen molar-refractivity contribution >= 4 is 28.0 Å². The van der Waals surface area contributed by atoms with Gasteiger partial charge in [-0.3, -0.25) is 9.20 Å². The molecule has 0 saturated heterocycles. The number of methoxy groups -OCH3 is 1. The van der Waals surface area contributed by atoms with Gasteiger partial charge >= 0.3 is 0 Å². The van der Waals surface area contributed by atoms with Crippen molar-refractivity contribution in [3.8, 4) is 17.0 Å². The molecule has 4 rings (SSSR count). The number of halogens is 1. The second-order valence-corrected chi connectivity index (χ2v) is 7.54. The first-order valence-corrected chi connectivity index (χ1v) is 10.2. The van der Waals surface area contributed by atoms with Gasteiger partial charge in [0, 0.05) is 17.1 Å². The molecule has 0 aliphatic carbocycles. The van der Waals surface area contributed by atoms with Crippen LogP contribution in [0, 0.1) is 5.82 Å². The lowest BCUT2D eigenvalue weighted by Gasteiger charge is -2.14. The summed E-state index contributed by atoms with van der Waals surface area (Å²) in [6.45, 7) is 1.97. The molecular weight excluding hydrogens is 405 g/mol. The first-order chi connectivity index (χ1) is 14.5. The van der Waals surface area contributed by atoms with Crippen LogP contribution >= 0.6 is 11.3 Å². The smallest absolute Gasteiger partial charge is 0.254 e. The fourth-order valence-electron chi connectivity index (χ4n) is 2.99. The Balaban J connectivity index is 1.51. The number of anilines is 1. The molecule has 1 amide bonds. The van der Waals surface area contributed by atoms with Crippen molar-refractivity contribution in [1.29, 1.82) is 0 Å². The summed E-state index contributed by atoms with van der Waals surface area (Å²) in [6.07, 6.45) is 1.14. The van der Waals surface area contributed by atoms with Crippen molar-refractivity contribution in [3.63, 3.8) is 0 Å². The van der Waals surface area contributed by atoms with E-state index in [9.17, 15) is 9.18 Å². The molecule has 0 aliphatic rings. The van der Waals surface area contributed by atoms with E-state index in [0.717, 1.165) is 16.3 Å². The fraction of sp³-hybridized carbons (Fsp3) is 0.182. The Morgan fingerprint density at radius 3 is 2.83 bits per heavy atom. The second kappa shape index (κ2) is 8.64. The predicted octanol–water partition coefficient (Wildman–Crippen LogP) is 4.75. The van der Waals surface area contributed by atoms with Crippen molar-refractivity contribution in [2.45, 2.75) is 19.6 Å². The molecule has 30 heavy (non-hydrogen) atoms. The van der Waals surface area contributed by atoms with Crippen LogP contribution in [0.4, 0.5) is 10.2 Å². The minimum Gasteiger partial charge on any atom is -0.497 e. The van der Waals surface area contributed by atoms with E-state index in [1.165, 1.54) is 23.5 Å². The summed E-state index contributed by atoms with van der Waals surface area (Å²) in [6, 6.07) is 13.5. The highest BCUT2D eigenvalue weighted by molar-refractivity contribution is 7.15. The van der Waals surface area contributed by atoms with E-state index in [4.69, 9.17) is 9.47 Å². The monoisotopic (exact) mass is 425 g/mol. The summed E-state index contributed by atoms with van der Waals surface area (Å²) in [5.74, 6) is 0.634. The molecule has 0 fully saturated rings. The van der Waals surface area contributed by atoms with Gasteiger partial charge in [-0.15, -0.1) is 11.3 Å². The second-order valence-electron chi connectivity index (χ2n) is 6.67. The SMILES string of the molecule is COc1cccc(COC(C)C(=O)Nc2c(-c3ccc(F)cc3)nc3sccn23)c1. The van der Waals surface area contributed by atoms with Gasteiger partial charge in [-0.1, -0.05) is 12.1 Å². The summed E-state index contributed by atoms with van der Waals surface area (Å²) in [5, 5.41) is 4.80. The Kier molecular flexibility index (Phi) is 5.78. The molecule has 0 radical (unpaired) electrons. The number of nitrogens with one attached hydrogen (secondary N) is 1. The highest BCUT2D eigenvalue weighted by Gasteiger charge is 2.21. The maximum atomic E-state index is 13.3. The third-order valence-corrected chi connectivity index (χ3v) is 5.38. The molecule has 1 unspecified atom stereocenters. The maximum absolute atomic E-state index is 13.3. The van der Waals surface area contributed by atoms with Crippen LogP contribution in [-0.2, 0) is 16.1 Å². The van der Waals surface area contributed by atoms with E-state index >= 15 is 0 Å². The van der Waals surface area contributed by atoms with Crippen LogP contribution in [-0.4, -0.2) is 28.5 Å². The van der Waals surface area contributed by atoms with Crippen LogP contribution in [0.15, 0.2) is 60.1 Å². The van der Waals surface area contributed by atoms with E-state index in [0.29, 0.717) is 17.1 Å². The minimum atomic E-state index is -0.693. The molecule has 1 atom stereocenters. The Morgan fingerprint density at radius 1 is 1.27 bits per heavy atom. The molecule has 0 saturated carbocycles. The number of fused-ring (bicyclic) bond motifs is 1. The van der Waals surface area contributed by atoms with Crippen molar-refractivity contribution in [2.75, 3.05) is 12.4 Å². The predicted molar refractivity (Wildman–Crippen MR) is 114 cm³/mol. The van der Waals surface area contributed by atoms with Gasteiger partial charge < -0.3 is 14.8 Å². The van der Waals surface area contributed by atoms with Crippen molar-refractivity contribution in [2.24, 2.45) is 0 Å². The van der Waals surface area contributed by atoms with Gasteiger partial charge in [-0.25, -0.2) is 9.37 Å². The van der Waals surface area contributed by atoms with E-state index < -0.39 is 6.10 Å². The van der Waals surface area contributed by atoms with Gasteiger partial charge in [0.25, 0.3) is 5.91 Å². The molecule has 0 spiro atoms. The van der Waals surface area contributed by atoms with Crippen LogP contribution in [0.5, 0.6) is 5.75 Å². The number of hydrogen-bond donors (Lipinski definition) is 1. The van der Waals surface area contributed by atoms with Crippen molar-refractivity contribution in [3.05, 3.63) is 71.5 Å². The van der Waals surface area contributed by atoms with E-state index in [1.54, 1.807) is 30.6 Å². The number of carbonyl (C=O) groups excluding carboxylic acids is 1. The average Bonchev–Trinajstić information content (AvgIpc) is 3.35. The van der Waals surface area contributed by atoms with Crippen LogP contribution in [0.2, 0.25) is 0 Å². The van der Waals surface area contributed by atoms with Crippen molar-refractivity contribution < 1.29 is 18.7 Å². The first kappa shape index (κ1) is 20.1. The summed E-state index contributed by atoms with van der Waals surface area (Å²) in [7, 11) is 1.60. The van der Waals surface area contributed by atoms with Crippen LogP contribution in [0.3, 0.4) is 0 Å². The summed E-state index contributed by atoms with van der Waals surface area (Å²) in [5.41, 5.74) is 2.20. The zero-order chi connectivity index (χ0) is 21.1. The van der Waals surface area contributed by atoms with E-state index in [1.807, 2.05) is 35.8 Å². The number of benzene rings is 2. The number of amides is 1. The highest BCUT2D eigenvalue weighted by Crippen LogP contribution is 2.31. The third-order valence-electron chi connectivity index (χ3n) is 4.62. The molecule has 6 nitrogen and oxygen atoms in total. The minimum absolute atomic E-state index is 0.275. The number of hydrogen-bond acceptors (Lipinski definition) is 5. The van der Waals surface area contributed by atoms with Gasteiger partial charge in [0.1, 0.15) is 29.2 Å². The lowest BCUT2D eigenvalue weighted by Crippen LogP contribution is -2.28. The molecule has 2 aromatic carbocycles. The number of rotatable bonds is 7. The quantitative estimate of drug-likeness (QED) is 0.464. The average molecular weight is 425 g/mol. The van der Waals surface area contributed by atoms with Gasteiger partial charge in [0.2, 0.25) is 0 Å². The number of nitrogens with zero attached hydrogens (tertiary/aromatic N) is 2. The number of ether oxygens (including phenoxy) is 2. The molecule has 154 valence electrons. The Morgan fingerprint density at radius 2 is 2.07 bits per heavy atom. The van der Waals surface area contributed by atoms with Gasteiger partial charge in [-0.05, 0) is 48.9 Å². The number of aromatic nitrogens is 2. The summed E-state index contributed by atoms with van der Waals surface area (Å²) < 4.78 is 26.1. The standard InChI is InChI=1S/C22H20FN3O3S/c1-14(29-13-15-4-3-5-18(12-15)28-2)21(27)25-20-19(16-6-8-17(23)9-7-16)24-22-26(20)10-11-30-22/h3-12,14H,13H2,1-2H3,(H,25,27). The Bertz CT molecular complexity index is 1170. The van der Waals surface area contributed by atoms with E-state index in [-0.39, 0.29) is 18.3 Å². The summed E-state index contributed by atoms with van der Waals surface area (Å²) in [4.78, 5) is 18.1. The number of imidazole rings is 1. The molecular formula is C22H20FN3O3S. The normalized spacial score (nSPS) is 12.1. The van der Waals surface area contributed by atoms with E-state index in [2.05, 4.69) is 10.3 Å². The molecule has 4 aromatic rings. The molecule has 2 aromatic heterocycles. The largest absolute Gasteiger partial charge is 0.497 e. The van der Waals surface area contributed by atoms with Gasteiger partial charge in [-0.2, -0.15) is 0 Å². The van der Waals surface area contributed by atoms with Crippen molar-refractivity contribution in [1.82, 2.24) is 9.38 Å². The lowest BCUT2D eigenvalue weighted by atomic mass is 10.1. The first-order valence-electron chi connectivity index (χ1n) is 9.32. The Labute approximate surface area is 176 Å². The highest BCUT2D eigenvalue weighted by atomic mass is 32.1. The number of carbonyl (C=O) groups is 1. The third kappa shape index (κ3) is 4.19. The topological polar surface area (TPSA) is 64.9 Å². The molecule has 1 N–H and O–H groups in total. The summed E-state index contributed by atoms with van der Waals surface area (Å²) >= 11 is 1.45. The molecule has 0 bridgehead atoms. The van der Waals surface area contributed by atoms with Gasteiger partial charge in [0.05, 0.1) is 13.7 Å². The Hall–Kier alpha value is -3.23. The zero-order valence-corrected chi connectivity index (χ0v) is 17.3. The zero-order valence-electron chi connectivity index (χ0n) is 16.5. The number of thiazole rings is 1. The lowest BCUT2D eigenvalue weighted by molar-refractivity contribution is -0.127. The van der Waals surface area contributed by atoms with Crippen LogP contribution in [0.1, 0.15) is 12.5 Å². The maximum Gasteiger partial charge on any atom is 0.254 e. The van der Waals surface area contributed by atoms with Crippen LogP contribution < -0.4 is 10.1 Å². The molecule has 0 aliphatic heterocycles. The van der Waals surface area contributed by atoms with Gasteiger partial charge in [0.15, 0.2) is 4.96 Å². The fourth-order valence-corrected chi connectivity index (χ4v) is 3.71. The van der Waals surface area contributed by atoms with Crippen LogP contribution in [0.25, 0.3) is 16.2 Å². The molecule has 8 heteroatoms. The molecule has 2 heterocycles.